The zero-order valence-corrected chi connectivity index (χ0v) is 21.1. The van der Waals surface area contributed by atoms with Crippen LogP contribution in [0.15, 0.2) is 72.0 Å². The Labute approximate surface area is 232 Å². The van der Waals surface area contributed by atoms with Gasteiger partial charge in [0.25, 0.3) is 0 Å². The Morgan fingerprint density at radius 3 is 2.34 bits per heavy atom. The van der Waals surface area contributed by atoms with Gasteiger partial charge in [0.2, 0.25) is 5.95 Å². The molecule has 0 bridgehead atoms. The van der Waals surface area contributed by atoms with E-state index in [0.29, 0.717) is 23.3 Å². The molecule has 214 valence electrons. The molecule has 0 saturated heterocycles. The summed E-state index contributed by atoms with van der Waals surface area (Å²) in [4.78, 5) is 13.6. The van der Waals surface area contributed by atoms with Crippen LogP contribution in [0.5, 0.6) is 5.75 Å². The van der Waals surface area contributed by atoms with Crippen molar-refractivity contribution in [1.29, 1.82) is 0 Å². The molecule has 41 heavy (non-hydrogen) atoms. The maximum absolute atomic E-state index is 14.0. The minimum Gasteiger partial charge on any atom is -0.406 e. The van der Waals surface area contributed by atoms with E-state index in [2.05, 4.69) is 30.2 Å². The highest BCUT2D eigenvalue weighted by molar-refractivity contribution is 6.29. The Balaban J connectivity index is 1.63. The first-order chi connectivity index (χ1) is 19.3. The van der Waals surface area contributed by atoms with Crippen LogP contribution < -0.4 is 20.8 Å². The van der Waals surface area contributed by atoms with E-state index >= 15 is 0 Å². The SMILES string of the molecule is Nc1cc(NN=Cc2ccc(OC(F)(F)F)cc2)nc(N(Cc2ccc(Cl)nc2)c2ccc(F)c(C(F)(F)F)c2)n1. The second kappa shape index (κ2) is 11.8. The average molecular weight is 600 g/mol. The van der Waals surface area contributed by atoms with Gasteiger partial charge >= 0.3 is 12.5 Å². The number of alkyl halides is 6. The third-order valence-electron chi connectivity index (χ3n) is 5.18. The van der Waals surface area contributed by atoms with E-state index in [4.69, 9.17) is 17.3 Å². The number of nitrogens with two attached hydrogens (primary N) is 1. The molecule has 0 saturated carbocycles. The first-order valence-corrected chi connectivity index (χ1v) is 11.7. The van der Waals surface area contributed by atoms with E-state index < -0.39 is 29.7 Å². The summed E-state index contributed by atoms with van der Waals surface area (Å²) in [7, 11) is 0. The number of nitrogens with zero attached hydrogens (tertiary/aromatic N) is 5. The number of hydrogen-bond donors (Lipinski definition) is 2. The molecule has 4 aromatic rings. The van der Waals surface area contributed by atoms with Crippen molar-refractivity contribution in [2.24, 2.45) is 5.10 Å². The van der Waals surface area contributed by atoms with Gasteiger partial charge in [0.1, 0.15) is 22.5 Å². The fourth-order valence-corrected chi connectivity index (χ4v) is 3.53. The van der Waals surface area contributed by atoms with Crippen LogP contribution in [0.1, 0.15) is 16.7 Å². The van der Waals surface area contributed by atoms with Crippen LogP contribution in [0.2, 0.25) is 5.15 Å². The summed E-state index contributed by atoms with van der Waals surface area (Å²) in [6, 6.07) is 11.6. The van der Waals surface area contributed by atoms with E-state index in [1.165, 1.54) is 41.6 Å². The number of nitrogens with one attached hydrogen (secondary N) is 1. The largest absolute Gasteiger partial charge is 0.573 e. The molecule has 3 N–H and O–H groups in total. The predicted octanol–water partition coefficient (Wildman–Crippen LogP) is 6.95. The third kappa shape index (κ3) is 8.17. The van der Waals surface area contributed by atoms with Crippen LogP contribution >= 0.6 is 11.6 Å². The summed E-state index contributed by atoms with van der Waals surface area (Å²) in [5.74, 6) is -2.10. The van der Waals surface area contributed by atoms with E-state index in [1.54, 1.807) is 6.07 Å². The number of hydrazone groups is 1. The van der Waals surface area contributed by atoms with Crippen molar-refractivity contribution in [3.05, 3.63) is 94.5 Å². The highest BCUT2D eigenvalue weighted by atomic mass is 35.5. The molecule has 0 atom stereocenters. The number of pyridine rings is 1. The number of benzene rings is 2. The van der Waals surface area contributed by atoms with Gasteiger partial charge in [-0.2, -0.15) is 28.2 Å². The van der Waals surface area contributed by atoms with Crippen molar-refractivity contribution >= 4 is 41.1 Å². The molecule has 0 fully saturated rings. The van der Waals surface area contributed by atoms with Crippen LogP contribution in [0.3, 0.4) is 0 Å². The quantitative estimate of drug-likeness (QED) is 0.0978. The van der Waals surface area contributed by atoms with Gasteiger partial charge in [0, 0.05) is 18.0 Å². The minimum atomic E-state index is -4.97. The van der Waals surface area contributed by atoms with Gasteiger partial charge in [0.05, 0.1) is 18.3 Å². The molecular formula is C25H17ClF7N7O. The van der Waals surface area contributed by atoms with E-state index in [9.17, 15) is 30.7 Å². The Bertz CT molecular complexity index is 1530. The molecule has 2 aromatic carbocycles. The molecule has 2 heterocycles. The molecule has 8 nitrogen and oxygen atoms in total. The van der Waals surface area contributed by atoms with Crippen molar-refractivity contribution in [2.45, 2.75) is 19.1 Å². The number of aromatic nitrogens is 3. The molecular weight excluding hydrogens is 583 g/mol. The zero-order valence-electron chi connectivity index (χ0n) is 20.4. The maximum Gasteiger partial charge on any atom is 0.573 e. The predicted molar refractivity (Wildman–Crippen MR) is 137 cm³/mol. The van der Waals surface area contributed by atoms with Gasteiger partial charge in [-0.1, -0.05) is 17.7 Å². The third-order valence-corrected chi connectivity index (χ3v) is 5.40. The smallest absolute Gasteiger partial charge is 0.406 e. The lowest BCUT2D eigenvalue weighted by Gasteiger charge is -2.24. The lowest BCUT2D eigenvalue weighted by atomic mass is 10.1. The van der Waals surface area contributed by atoms with Crippen molar-refractivity contribution in [2.75, 3.05) is 16.1 Å². The van der Waals surface area contributed by atoms with Crippen LogP contribution in [0, 0.1) is 5.82 Å². The first-order valence-electron chi connectivity index (χ1n) is 11.3. The Kier molecular flexibility index (Phi) is 8.47. The van der Waals surface area contributed by atoms with Gasteiger partial charge in [-0.15, -0.1) is 13.2 Å². The molecule has 16 heteroatoms. The van der Waals surface area contributed by atoms with Crippen molar-refractivity contribution in [3.63, 3.8) is 0 Å². The molecule has 0 spiro atoms. The number of hydrogen-bond acceptors (Lipinski definition) is 8. The zero-order chi connectivity index (χ0) is 29.8. The Morgan fingerprint density at radius 2 is 1.71 bits per heavy atom. The minimum absolute atomic E-state index is 0.0261. The van der Waals surface area contributed by atoms with Gasteiger partial charge in [-0.25, -0.2) is 9.37 Å². The van der Waals surface area contributed by atoms with Gasteiger partial charge in [0.15, 0.2) is 5.82 Å². The monoisotopic (exact) mass is 599 g/mol. The average Bonchev–Trinajstić information content (AvgIpc) is 2.88. The van der Waals surface area contributed by atoms with Crippen LogP contribution in [-0.4, -0.2) is 27.5 Å². The first kappa shape index (κ1) is 29.3. The van der Waals surface area contributed by atoms with Gasteiger partial charge in [-0.05, 0) is 59.7 Å². The maximum atomic E-state index is 14.0. The number of halogens is 8. The molecule has 0 aliphatic carbocycles. The molecule has 0 amide bonds. The summed E-state index contributed by atoms with van der Waals surface area (Å²) in [6.07, 6.45) is -7.14. The summed E-state index contributed by atoms with van der Waals surface area (Å²) < 4.78 is 95.2. The summed E-state index contributed by atoms with van der Waals surface area (Å²) in [5.41, 5.74) is 7.81. The molecule has 0 unspecified atom stereocenters. The lowest BCUT2D eigenvalue weighted by molar-refractivity contribution is -0.274. The van der Waals surface area contributed by atoms with Crippen molar-refractivity contribution < 1.29 is 35.5 Å². The number of ether oxygens (including phenoxy) is 1. The highest BCUT2D eigenvalue weighted by Gasteiger charge is 2.35. The van der Waals surface area contributed by atoms with E-state index in [1.807, 2.05) is 0 Å². The van der Waals surface area contributed by atoms with Gasteiger partial charge in [-0.3, -0.25) is 5.43 Å². The molecule has 0 aliphatic rings. The van der Waals surface area contributed by atoms with Crippen LogP contribution in [-0.2, 0) is 12.7 Å². The van der Waals surface area contributed by atoms with E-state index in [0.717, 1.165) is 18.2 Å². The Hall–Kier alpha value is -4.66. The molecule has 0 radical (unpaired) electrons. The summed E-state index contributed by atoms with van der Waals surface area (Å²) in [5, 5.41) is 4.15. The topological polar surface area (TPSA) is 102 Å². The standard InChI is InChI=1S/C25H17ClF7N7O/c26-20-8-3-15(11-35-20)13-40(16-4-7-19(27)18(9-16)24(28,29)30)23-37-21(34)10-22(38-23)39-36-12-14-1-5-17(6-2-14)41-25(31,32)33/h1-12H,13H2,(H3,34,37,38,39). The number of anilines is 4. The summed E-state index contributed by atoms with van der Waals surface area (Å²) >= 11 is 5.83. The number of nitrogen functional groups attached to an aromatic ring is 1. The molecule has 2 aromatic heterocycles. The second-order valence-corrected chi connectivity index (χ2v) is 8.59. The van der Waals surface area contributed by atoms with Gasteiger partial charge < -0.3 is 15.4 Å². The normalized spacial score (nSPS) is 12.0. The fraction of sp³-hybridized carbons (Fsp3) is 0.120. The lowest BCUT2D eigenvalue weighted by Crippen LogP contribution is -2.21. The highest BCUT2D eigenvalue weighted by Crippen LogP contribution is 2.36. The van der Waals surface area contributed by atoms with Crippen molar-refractivity contribution in [1.82, 2.24) is 15.0 Å². The summed E-state index contributed by atoms with van der Waals surface area (Å²) in [6.45, 7) is -0.106. The van der Waals surface area contributed by atoms with E-state index in [-0.39, 0.29) is 35.0 Å². The second-order valence-electron chi connectivity index (χ2n) is 8.20. The fourth-order valence-electron chi connectivity index (χ4n) is 3.42. The molecule has 0 aliphatic heterocycles. The Morgan fingerprint density at radius 1 is 0.976 bits per heavy atom. The number of rotatable bonds is 8. The molecule has 4 rings (SSSR count). The van der Waals surface area contributed by atoms with Crippen LogP contribution in [0.25, 0.3) is 0 Å². The van der Waals surface area contributed by atoms with Crippen LogP contribution in [0.4, 0.5) is 54.0 Å². The van der Waals surface area contributed by atoms with Crippen molar-refractivity contribution in [3.8, 4) is 5.75 Å².